The molecule has 0 radical (unpaired) electrons. The van der Waals surface area contributed by atoms with E-state index in [9.17, 15) is 8.42 Å². The lowest BCUT2D eigenvalue weighted by Crippen LogP contribution is -2.36. The van der Waals surface area contributed by atoms with E-state index in [1.807, 2.05) is 32.0 Å². The number of nitrogens with one attached hydrogen (secondary N) is 1. The Morgan fingerprint density at radius 2 is 1.87 bits per heavy atom. The monoisotopic (exact) mass is 228 g/mol. The normalized spacial score (nSPS) is 18.1. The van der Waals surface area contributed by atoms with Crippen molar-refractivity contribution in [3.63, 3.8) is 0 Å². The average molecular weight is 228 g/mol. The summed E-state index contributed by atoms with van der Waals surface area (Å²) in [6.07, 6.45) is 0. The fourth-order valence-corrected chi connectivity index (χ4v) is 2.24. The van der Waals surface area contributed by atoms with Crippen LogP contribution in [-0.4, -0.2) is 19.8 Å². The first-order valence-corrected chi connectivity index (χ1v) is 6.35. The topological polar surface area (TPSA) is 49.4 Å². The average Bonchev–Trinajstić information content (AvgIpc) is 2.22. The van der Waals surface area contributed by atoms with Gasteiger partial charge in [0.1, 0.15) is 0 Å². The van der Waals surface area contributed by atoms with E-state index in [2.05, 4.69) is 4.72 Å². The predicted molar refractivity (Wildman–Crippen MR) is 61.8 cm³/mol. The minimum Gasteiger partial charge on any atom is -0.271 e. The fourth-order valence-electron chi connectivity index (χ4n) is 1.30. The Balaban J connectivity index is 0.000000531. The van der Waals surface area contributed by atoms with Crippen LogP contribution in [0.2, 0.25) is 0 Å². The highest BCUT2D eigenvalue weighted by molar-refractivity contribution is 7.90. The third-order valence-electron chi connectivity index (χ3n) is 2.06. The van der Waals surface area contributed by atoms with Crippen LogP contribution < -0.4 is 4.72 Å². The maximum Gasteiger partial charge on any atom is 0.301 e. The van der Waals surface area contributed by atoms with Crippen molar-refractivity contribution in [2.45, 2.75) is 20.4 Å². The number of fused-ring (bicyclic) bond motifs is 1. The highest BCUT2D eigenvalue weighted by atomic mass is 32.2. The summed E-state index contributed by atoms with van der Waals surface area (Å²) < 4.78 is 26.5. The lowest BCUT2D eigenvalue weighted by atomic mass is 10.2. The summed E-state index contributed by atoms with van der Waals surface area (Å²) in [5, 5.41) is 0. The van der Waals surface area contributed by atoms with Gasteiger partial charge in [-0.25, -0.2) is 0 Å². The molecule has 0 aliphatic carbocycles. The lowest BCUT2D eigenvalue weighted by Gasteiger charge is -2.25. The Kier molecular flexibility index (Phi) is 3.71. The minimum atomic E-state index is -3.29. The second-order valence-corrected chi connectivity index (χ2v) is 4.80. The fraction of sp³-hybridized carbons (Fsp3) is 0.400. The van der Waals surface area contributed by atoms with Gasteiger partial charge in [-0.3, -0.25) is 4.72 Å². The number of anilines is 1. The van der Waals surface area contributed by atoms with Crippen molar-refractivity contribution in [2.24, 2.45) is 0 Å². The molecule has 0 unspecified atom stereocenters. The van der Waals surface area contributed by atoms with Crippen molar-refractivity contribution in [3.05, 3.63) is 29.8 Å². The zero-order valence-corrected chi connectivity index (χ0v) is 10.0. The third kappa shape index (κ3) is 2.49. The SMILES string of the molecule is CC.CN1Cc2ccccc2NS1(=O)=O. The molecule has 1 N–H and O–H groups in total. The number of nitrogens with zero attached hydrogens (tertiary/aromatic N) is 1. The molecule has 0 saturated heterocycles. The third-order valence-corrected chi connectivity index (χ3v) is 3.49. The zero-order chi connectivity index (χ0) is 11.5. The highest BCUT2D eigenvalue weighted by Gasteiger charge is 2.24. The molecule has 5 heteroatoms. The zero-order valence-electron chi connectivity index (χ0n) is 9.19. The summed E-state index contributed by atoms with van der Waals surface area (Å²) in [5.74, 6) is 0. The molecule has 0 amide bonds. The standard InChI is InChI=1S/C8H10N2O2S.C2H6/c1-10-6-7-4-2-3-5-8(7)9-13(10,11)12;1-2/h2-5,9H,6H2,1H3;1-2H3. The molecule has 0 saturated carbocycles. The summed E-state index contributed by atoms with van der Waals surface area (Å²) in [6.45, 7) is 4.44. The van der Waals surface area contributed by atoms with Crippen molar-refractivity contribution >= 4 is 15.9 Å². The number of hydrogen-bond donors (Lipinski definition) is 1. The van der Waals surface area contributed by atoms with Crippen LogP contribution in [0.5, 0.6) is 0 Å². The lowest BCUT2D eigenvalue weighted by molar-refractivity contribution is 0.466. The van der Waals surface area contributed by atoms with E-state index >= 15 is 0 Å². The van der Waals surface area contributed by atoms with Gasteiger partial charge in [0, 0.05) is 13.6 Å². The van der Waals surface area contributed by atoms with Crippen LogP contribution >= 0.6 is 0 Å². The van der Waals surface area contributed by atoms with Gasteiger partial charge in [-0.15, -0.1) is 0 Å². The van der Waals surface area contributed by atoms with Crippen molar-refractivity contribution in [1.82, 2.24) is 4.31 Å². The Hall–Kier alpha value is -1.07. The molecule has 1 aromatic rings. The summed E-state index contributed by atoms with van der Waals surface area (Å²) >= 11 is 0. The van der Waals surface area contributed by atoms with Crippen molar-refractivity contribution in [1.29, 1.82) is 0 Å². The van der Waals surface area contributed by atoms with Gasteiger partial charge in [-0.2, -0.15) is 12.7 Å². The second-order valence-electron chi connectivity index (χ2n) is 3.02. The van der Waals surface area contributed by atoms with E-state index in [-0.39, 0.29) is 0 Å². The molecule has 84 valence electrons. The number of benzene rings is 1. The minimum absolute atomic E-state index is 0.436. The molecule has 1 aliphatic rings. The molecule has 1 aliphatic heterocycles. The van der Waals surface area contributed by atoms with Crippen LogP contribution in [-0.2, 0) is 16.8 Å². The highest BCUT2D eigenvalue weighted by Crippen LogP contribution is 2.24. The van der Waals surface area contributed by atoms with Gasteiger partial charge in [0.15, 0.2) is 0 Å². The molecule has 15 heavy (non-hydrogen) atoms. The Morgan fingerprint density at radius 1 is 1.27 bits per heavy atom. The van der Waals surface area contributed by atoms with E-state index in [1.54, 1.807) is 13.1 Å². The molecule has 0 bridgehead atoms. The number of rotatable bonds is 0. The van der Waals surface area contributed by atoms with Crippen molar-refractivity contribution in [3.8, 4) is 0 Å². The van der Waals surface area contributed by atoms with Gasteiger partial charge in [0.05, 0.1) is 5.69 Å². The molecular formula is C10H16N2O2S. The van der Waals surface area contributed by atoms with Crippen LogP contribution in [0.1, 0.15) is 19.4 Å². The van der Waals surface area contributed by atoms with Gasteiger partial charge < -0.3 is 0 Å². The van der Waals surface area contributed by atoms with Crippen LogP contribution in [0.25, 0.3) is 0 Å². The Bertz CT molecular complexity index is 429. The maximum absolute atomic E-state index is 11.4. The first-order valence-electron chi connectivity index (χ1n) is 4.91. The molecule has 0 spiro atoms. The predicted octanol–water partition coefficient (Wildman–Crippen LogP) is 1.81. The van der Waals surface area contributed by atoms with E-state index < -0.39 is 10.2 Å². The van der Waals surface area contributed by atoms with Crippen molar-refractivity contribution in [2.75, 3.05) is 11.8 Å². The molecular weight excluding hydrogens is 212 g/mol. The summed E-state index contributed by atoms with van der Waals surface area (Å²) in [6, 6.07) is 7.38. The maximum atomic E-state index is 11.4. The van der Waals surface area contributed by atoms with Crippen LogP contribution in [0.3, 0.4) is 0 Å². The molecule has 4 nitrogen and oxygen atoms in total. The molecule has 0 atom stereocenters. The molecule has 1 aromatic carbocycles. The van der Waals surface area contributed by atoms with E-state index in [4.69, 9.17) is 0 Å². The van der Waals surface area contributed by atoms with Crippen LogP contribution in [0, 0.1) is 0 Å². The first-order chi connectivity index (χ1) is 7.09. The molecule has 0 fully saturated rings. The van der Waals surface area contributed by atoms with Gasteiger partial charge in [-0.05, 0) is 11.6 Å². The number of hydrogen-bond acceptors (Lipinski definition) is 2. The molecule has 0 aromatic heterocycles. The smallest absolute Gasteiger partial charge is 0.271 e. The van der Waals surface area contributed by atoms with Gasteiger partial charge in [-0.1, -0.05) is 32.0 Å². The molecule has 2 rings (SSSR count). The quantitative estimate of drug-likeness (QED) is 0.736. The van der Waals surface area contributed by atoms with Gasteiger partial charge >= 0.3 is 10.2 Å². The Labute approximate surface area is 91.1 Å². The van der Waals surface area contributed by atoms with Gasteiger partial charge in [0.2, 0.25) is 0 Å². The van der Waals surface area contributed by atoms with E-state index in [1.165, 1.54) is 4.31 Å². The summed E-state index contributed by atoms with van der Waals surface area (Å²) in [5.41, 5.74) is 1.68. The number of para-hydroxylation sites is 1. The van der Waals surface area contributed by atoms with Crippen LogP contribution in [0.4, 0.5) is 5.69 Å². The second kappa shape index (κ2) is 4.63. The first kappa shape index (κ1) is 12.0. The van der Waals surface area contributed by atoms with E-state index in [0.29, 0.717) is 12.2 Å². The van der Waals surface area contributed by atoms with Gasteiger partial charge in [0.25, 0.3) is 0 Å². The summed E-state index contributed by atoms with van der Waals surface area (Å²) in [7, 11) is -1.74. The summed E-state index contributed by atoms with van der Waals surface area (Å²) in [4.78, 5) is 0. The Morgan fingerprint density at radius 3 is 2.53 bits per heavy atom. The molecule has 1 heterocycles. The van der Waals surface area contributed by atoms with E-state index in [0.717, 1.165) is 5.56 Å². The van der Waals surface area contributed by atoms with Crippen LogP contribution in [0.15, 0.2) is 24.3 Å². The van der Waals surface area contributed by atoms with Crippen molar-refractivity contribution < 1.29 is 8.42 Å². The largest absolute Gasteiger partial charge is 0.301 e.